The van der Waals surface area contributed by atoms with Crippen LogP contribution in [0, 0.1) is 0 Å². The van der Waals surface area contributed by atoms with E-state index >= 15 is 0 Å². The molecule has 0 bridgehead atoms. The minimum atomic E-state index is 0.699. The summed E-state index contributed by atoms with van der Waals surface area (Å²) in [5.74, 6) is 0. The van der Waals surface area contributed by atoms with Crippen LogP contribution in [-0.2, 0) is 0 Å². The maximum atomic E-state index is 3.97. The number of nitrogens with zero attached hydrogens (tertiary/aromatic N) is 2. The second-order valence-corrected chi connectivity index (χ2v) is 15.5. The average molecular weight is 813 g/mol. The summed E-state index contributed by atoms with van der Waals surface area (Å²) in [6.45, 7) is 9.04. The summed E-state index contributed by atoms with van der Waals surface area (Å²) in [4.78, 5) is 4.69. The fourth-order valence-corrected chi connectivity index (χ4v) is 7.83. The molecule has 0 saturated carbocycles. The SMILES string of the molecule is C=C/C=C(\C=C/CN(/C(C)=C/C=C(\C)c1ccc(N(c2ccc(-c3ccccc3)cc2)c2ccc(-c3ccccc3)cc2)cc1)c1ccc(-c2ccccc2)cc1)c1ccccc1. The highest BCUT2D eigenvalue weighted by Crippen LogP contribution is 2.37. The van der Waals surface area contributed by atoms with E-state index in [-0.39, 0.29) is 0 Å². The van der Waals surface area contributed by atoms with Gasteiger partial charge in [-0.15, -0.1) is 0 Å². The van der Waals surface area contributed by atoms with Gasteiger partial charge in [0.25, 0.3) is 0 Å². The van der Waals surface area contributed by atoms with Crippen molar-refractivity contribution in [2.75, 3.05) is 16.3 Å². The molecule has 2 heteroatoms. The van der Waals surface area contributed by atoms with Crippen molar-refractivity contribution in [1.29, 1.82) is 0 Å². The van der Waals surface area contributed by atoms with Crippen LogP contribution >= 0.6 is 0 Å². The van der Waals surface area contributed by atoms with Crippen molar-refractivity contribution in [2.24, 2.45) is 0 Å². The first-order valence-corrected chi connectivity index (χ1v) is 21.6. The zero-order valence-corrected chi connectivity index (χ0v) is 36.1. The van der Waals surface area contributed by atoms with E-state index in [4.69, 9.17) is 0 Å². The van der Waals surface area contributed by atoms with Gasteiger partial charge in [-0.05, 0) is 124 Å². The summed E-state index contributed by atoms with van der Waals surface area (Å²) in [7, 11) is 0. The summed E-state index contributed by atoms with van der Waals surface area (Å²) in [5.41, 5.74) is 17.4. The molecule has 2 nitrogen and oxygen atoms in total. The van der Waals surface area contributed by atoms with Crippen molar-refractivity contribution in [3.63, 3.8) is 0 Å². The molecule has 0 atom stereocenters. The molecule has 8 rings (SSSR count). The molecule has 0 unspecified atom stereocenters. The van der Waals surface area contributed by atoms with Crippen molar-refractivity contribution in [3.8, 4) is 33.4 Å². The quantitative estimate of drug-likeness (QED) is 0.0952. The third-order valence-corrected chi connectivity index (χ3v) is 11.3. The molecule has 0 spiro atoms. The summed E-state index contributed by atoms with van der Waals surface area (Å²) >= 11 is 0. The predicted octanol–water partition coefficient (Wildman–Crippen LogP) is 16.8. The molecule has 0 radical (unpaired) electrons. The van der Waals surface area contributed by atoms with E-state index in [2.05, 4.69) is 273 Å². The van der Waals surface area contributed by atoms with Crippen LogP contribution in [-0.4, -0.2) is 6.54 Å². The Bertz CT molecular complexity index is 2730. The molecule has 0 aliphatic carbocycles. The predicted molar refractivity (Wildman–Crippen MR) is 272 cm³/mol. The van der Waals surface area contributed by atoms with Crippen molar-refractivity contribution in [1.82, 2.24) is 0 Å². The molecule has 63 heavy (non-hydrogen) atoms. The smallest absolute Gasteiger partial charge is 0.0462 e. The summed E-state index contributed by atoms with van der Waals surface area (Å²) in [6, 6.07) is 77.6. The maximum Gasteiger partial charge on any atom is 0.0462 e. The van der Waals surface area contributed by atoms with E-state index in [9.17, 15) is 0 Å². The number of hydrogen-bond acceptors (Lipinski definition) is 2. The Kier molecular flexibility index (Phi) is 13.6. The first-order valence-electron chi connectivity index (χ1n) is 21.6. The lowest BCUT2D eigenvalue weighted by Crippen LogP contribution is -2.20. The van der Waals surface area contributed by atoms with Gasteiger partial charge in [0.05, 0.1) is 0 Å². The van der Waals surface area contributed by atoms with Crippen LogP contribution in [0.5, 0.6) is 0 Å². The third-order valence-electron chi connectivity index (χ3n) is 11.3. The van der Waals surface area contributed by atoms with Crippen molar-refractivity contribution in [3.05, 3.63) is 278 Å². The number of benzene rings is 8. The molecular formula is C61H52N2. The molecule has 0 N–H and O–H groups in total. The largest absolute Gasteiger partial charge is 0.342 e. The molecule has 0 amide bonds. The summed E-state index contributed by atoms with van der Waals surface area (Å²) in [5, 5.41) is 0. The highest BCUT2D eigenvalue weighted by molar-refractivity contribution is 5.81. The van der Waals surface area contributed by atoms with Crippen LogP contribution in [0.3, 0.4) is 0 Å². The molecule has 306 valence electrons. The van der Waals surface area contributed by atoms with Crippen LogP contribution in [0.15, 0.2) is 267 Å². The van der Waals surface area contributed by atoms with E-state index in [0.717, 1.165) is 39.6 Å². The topological polar surface area (TPSA) is 6.48 Å². The van der Waals surface area contributed by atoms with Gasteiger partial charge < -0.3 is 9.80 Å². The summed E-state index contributed by atoms with van der Waals surface area (Å²) < 4.78 is 0. The minimum Gasteiger partial charge on any atom is -0.342 e. The Morgan fingerprint density at radius 2 is 0.778 bits per heavy atom. The van der Waals surface area contributed by atoms with Crippen LogP contribution in [0.25, 0.3) is 44.5 Å². The van der Waals surface area contributed by atoms with Gasteiger partial charge in [-0.3, -0.25) is 0 Å². The average Bonchev–Trinajstić information content (AvgIpc) is 3.36. The minimum absolute atomic E-state index is 0.699. The van der Waals surface area contributed by atoms with Gasteiger partial charge in [-0.1, -0.05) is 207 Å². The highest BCUT2D eigenvalue weighted by atomic mass is 15.1. The summed E-state index contributed by atoms with van der Waals surface area (Å²) in [6.07, 6.45) is 12.8. The lowest BCUT2D eigenvalue weighted by Gasteiger charge is -2.26. The number of allylic oxidation sites excluding steroid dienone is 8. The lowest BCUT2D eigenvalue weighted by molar-refractivity contribution is 1.01. The van der Waals surface area contributed by atoms with Gasteiger partial charge in [0.1, 0.15) is 0 Å². The lowest BCUT2D eigenvalue weighted by atomic mass is 10.0. The maximum absolute atomic E-state index is 3.97. The van der Waals surface area contributed by atoms with Gasteiger partial charge >= 0.3 is 0 Å². The van der Waals surface area contributed by atoms with Crippen LogP contribution in [0.1, 0.15) is 25.0 Å². The molecule has 0 aliphatic rings. The zero-order chi connectivity index (χ0) is 43.2. The molecule has 0 aromatic heterocycles. The van der Waals surface area contributed by atoms with Crippen molar-refractivity contribution in [2.45, 2.75) is 13.8 Å². The normalized spacial score (nSPS) is 12.0. The zero-order valence-electron chi connectivity index (χ0n) is 36.1. The molecule has 0 fully saturated rings. The van der Waals surface area contributed by atoms with Gasteiger partial charge in [0.2, 0.25) is 0 Å². The molecular weight excluding hydrogens is 761 g/mol. The van der Waals surface area contributed by atoms with E-state index in [0.29, 0.717) is 6.54 Å². The Hall–Kier alpha value is -7.94. The Morgan fingerprint density at radius 3 is 1.21 bits per heavy atom. The van der Waals surface area contributed by atoms with Gasteiger partial charge in [-0.25, -0.2) is 0 Å². The monoisotopic (exact) mass is 812 g/mol. The van der Waals surface area contributed by atoms with E-state index in [1.807, 2.05) is 12.1 Å². The number of rotatable bonds is 15. The van der Waals surface area contributed by atoms with E-state index in [1.54, 1.807) is 0 Å². The number of hydrogen-bond donors (Lipinski definition) is 0. The standard InChI is InChI=1S/C61H52N2/c1-4-18-50(51-19-9-5-10-20-51)27-17-46-62(58-38-32-55(33-39-58)52-21-11-6-12-22-52)48(3)29-28-47(2)49-30-40-59(41-31-49)63(60-42-34-56(35-43-60)53-23-13-7-14-24-53)61-44-36-57(37-45-61)54-25-15-8-16-26-54/h4-45H,1,46H2,2-3H3/b27-17-,47-28+,48-29+,50-18+. The van der Waals surface area contributed by atoms with Crippen LogP contribution in [0.2, 0.25) is 0 Å². The van der Waals surface area contributed by atoms with E-state index in [1.165, 1.54) is 44.5 Å². The van der Waals surface area contributed by atoms with Gasteiger partial charge in [-0.2, -0.15) is 0 Å². The first kappa shape index (κ1) is 41.8. The third kappa shape index (κ3) is 10.5. The Balaban J connectivity index is 1.07. The van der Waals surface area contributed by atoms with Crippen molar-refractivity contribution >= 4 is 33.9 Å². The molecule has 0 saturated heterocycles. The van der Waals surface area contributed by atoms with Crippen LogP contribution < -0.4 is 9.80 Å². The van der Waals surface area contributed by atoms with E-state index < -0.39 is 0 Å². The fourth-order valence-electron chi connectivity index (χ4n) is 7.83. The highest BCUT2D eigenvalue weighted by Gasteiger charge is 2.14. The fraction of sp³-hybridized carbons (Fsp3) is 0.0492. The van der Waals surface area contributed by atoms with Crippen LogP contribution in [0.4, 0.5) is 22.7 Å². The van der Waals surface area contributed by atoms with Gasteiger partial charge in [0.15, 0.2) is 0 Å². The Morgan fingerprint density at radius 1 is 0.397 bits per heavy atom. The molecule has 8 aromatic rings. The number of anilines is 4. The van der Waals surface area contributed by atoms with Gasteiger partial charge in [0, 0.05) is 35.0 Å². The molecule has 0 heterocycles. The second kappa shape index (κ2) is 20.5. The van der Waals surface area contributed by atoms with Crippen molar-refractivity contribution < 1.29 is 0 Å². The first-order chi connectivity index (χ1) is 31.0. The molecule has 8 aromatic carbocycles. The Labute approximate surface area is 374 Å². The molecule has 0 aliphatic heterocycles. The second-order valence-electron chi connectivity index (χ2n) is 15.5.